The Morgan fingerprint density at radius 2 is 1.65 bits per heavy atom. The molecular weight excluding hydrogens is 491 g/mol. The highest BCUT2D eigenvalue weighted by Gasteiger charge is 2.33. The highest BCUT2D eigenvalue weighted by atomic mass is 19.4. The fourth-order valence-corrected chi connectivity index (χ4v) is 3.09. The minimum Gasteiger partial charge on any atom is -0.457 e. The predicted octanol–water partition coefficient (Wildman–Crippen LogP) is 4.70. The molecule has 9 nitrogen and oxygen atoms in total. The van der Waals surface area contributed by atoms with Gasteiger partial charge in [0.05, 0.1) is 5.56 Å². The number of nitrogens with zero attached hydrogens (tertiary/aromatic N) is 1. The number of nitrogens with one attached hydrogen (secondary N) is 4. The molecule has 3 rings (SSSR count). The Balaban J connectivity index is 1.64. The number of hydrogen-bond donors (Lipinski definition) is 4. The largest absolute Gasteiger partial charge is 0.457 e. The van der Waals surface area contributed by atoms with E-state index in [1.54, 1.807) is 18.2 Å². The summed E-state index contributed by atoms with van der Waals surface area (Å²) in [6.45, 7) is 2.90. The number of carbonyl (C=O) groups is 3. The zero-order valence-electron chi connectivity index (χ0n) is 19.5. The molecule has 0 aliphatic rings. The molecule has 0 aliphatic carbocycles. The number of urea groups is 1. The van der Waals surface area contributed by atoms with Crippen LogP contribution in [-0.2, 0) is 17.5 Å². The first-order chi connectivity index (χ1) is 17.6. The number of amides is 4. The van der Waals surface area contributed by atoms with Crippen LogP contribution in [0.25, 0.3) is 0 Å². The number of benzene rings is 2. The van der Waals surface area contributed by atoms with Crippen LogP contribution in [0.15, 0.2) is 73.4 Å². The molecule has 192 valence electrons. The van der Waals surface area contributed by atoms with Crippen molar-refractivity contribution in [3.8, 4) is 11.5 Å². The lowest BCUT2D eigenvalue weighted by Crippen LogP contribution is -2.23. The van der Waals surface area contributed by atoms with Gasteiger partial charge in [-0.3, -0.25) is 14.6 Å². The van der Waals surface area contributed by atoms with Crippen molar-refractivity contribution in [2.75, 3.05) is 17.7 Å². The maximum absolute atomic E-state index is 13.5. The molecule has 0 radical (unpaired) electrons. The van der Waals surface area contributed by atoms with Crippen LogP contribution in [-0.4, -0.2) is 29.9 Å². The van der Waals surface area contributed by atoms with Crippen LogP contribution in [0.3, 0.4) is 0 Å². The van der Waals surface area contributed by atoms with E-state index < -0.39 is 23.7 Å². The van der Waals surface area contributed by atoms with Crippen molar-refractivity contribution in [3.63, 3.8) is 0 Å². The van der Waals surface area contributed by atoms with Crippen molar-refractivity contribution in [3.05, 3.63) is 90.3 Å². The van der Waals surface area contributed by atoms with Crippen LogP contribution >= 0.6 is 0 Å². The van der Waals surface area contributed by atoms with Crippen LogP contribution < -0.4 is 26.0 Å². The lowest BCUT2D eigenvalue weighted by molar-refractivity contribution is -0.138. The molecule has 0 bridgehead atoms. The van der Waals surface area contributed by atoms with Crippen molar-refractivity contribution in [2.24, 2.45) is 0 Å². The second kappa shape index (κ2) is 11.7. The molecule has 0 unspecified atom stereocenters. The molecule has 4 N–H and O–H groups in total. The van der Waals surface area contributed by atoms with Gasteiger partial charge in [0.1, 0.15) is 17.2 Å². The lowest BCUT2D eigenvalue weighted by atomic mass is 10.1. The van der Waals surface area contributed by atoms with Crippen molar-refractivity contribution >= 4 is 29.2 Å². The van der Waals surface area contributed by atoms with Crippen LogP contribution in [0.5, 0.6) is 11.5 Å². The third-order valence-corrected chi connectivity index (χ3v) is 4.85. The second-order valence-electron chi connectivity index (χ2n) is 7.45. The smallest absolute Gasteiger partial charge is 0.416 e. The molecule has 4 amide bonds. The monoisotopic (exact) mass is 513 g/mol. The molecule has 0 atom stereocenters. The molecule has 0 saturated carbocycles. The molecule has 0 fully saturated rings. The van der Waals surface area contributed by atoms with Crippen LogP contribution in [0.4, 0.5) is 29.3 Å². The van der Waals surface area contributed by atoms with Gasteiger partial charge in [-0.25, -0.2) is 4.79 Å². The van der Waals surface area contributed by atoms with E-state index in [9.17, 15) is 27.6 Å². The normalized spacial score (nSPS) is 10.7. The van der Waals surface area contributed by atoms with Crippen molar-refractivity contribution in [1.82, 2.24) is 15.6 Å². The zero-order valence-corrected chi connectivity index (χ0v) is 19.5. The number of alkyl halides is 3. The van der Waals surface area contributed by atoms with E-state index >= 15 is 0 Å². The van der Waals surface area contributed by atoms with E-state index in [2.05, 4.69) is 32.8 Å². The molecule has 2 aromatic carbocycles. The Hall–Kier alpha value is -4.87. The Morgan fingerprint density at radius 1 is 0.973 bits per heavy atom. The third kappa shape index (κ3) is 7.56. The fourth-order valence-electron chi connectivity index (χ4n) is 3.09. The van der Waals surface area contributed by atoms with Crippen LogP contribution in [0.2, 0.25) is 0 Å². The molecule has 1 heterocycles. The molecule has 0 aliphatic heterocycles. The molecular formula is C25H22F3N5O4. The van der Waals surface area contributed by atoms with Gasteiger partial charge in [0, 0.05) is 37.2 Å². The summed E-state index contributed by atoms with van der Waals surface area (Å²) in [5.74, 6) is -0.193. The Labute approximate surface area is 209 Å². The first-order valence-corrected chi connectivity index (χ1v) is 10.7. The lowest BCUT2D eigenvalue weighted by Gasteiger charge is -2.15. The minimum absolute atomic E-state index is 0.0896. The number of halogens is 3. The zero-order chi connectivity index (χ0) is 27.0. The fraction of sp³-hybridized carbons (Fsp3) is 0.120. The average molecular weight is 513 g/mol. The van der Waals surface area contributed by atoms with E-state index in [1.165, 1.54) is 43.6 Å². The van der Waals surface area contributed by atoms with Gasteiger partial charge in [0.25, 0.3) is 5.91 Å². The van der Waals surface area contributed by atoms with Crippen molar-refractivity contribution in [1.29, 1.82) is 0 Å². The molecule has 3 aromatic rings. The van der Waals surface area contributed by atoms with Gasteiger partial charge in [-0.05, 0) is 54.1 Å². The summed E-state index contributed by atoms with van der Waals surface area (Å²) in [5, 5.41) is 9.63. The molecule has 37 heavy (non-hydrogen) atoms. The molecule has 12 heteroatoms. The van der Waals surface area contributed by atoms with Crippen molar-refractivity contribution in [2.45, 2.75) is 12.7 Å². The first-order valence-electron chi connectivity index (χ1n) is 10.7. The van der Waals surface area contributed by atoms with Gasteiger partial charge in [0.2, 0.25) is 5.91 Å². The standard InChI is InChI=1S/C25H22F3N5O4/c1-3-22(34)31-14-15-4-5-17(12-20(15)25(26,27)28)33-24(36)32-16-6-8-18(9-7-16)37-19-10-11-30-21(13-19)23(35)29-2/h3-13H,1,14H2,2H3,(H,29,35)(H,31,34)(H2,32,33,36). The number of hydrogen-bond acceptors (Lipinski definition) is 5. The number of ether oxygens (including phenoxy) is 1. The maximum atomic E-state index is 13.5. The Morgan fingerprint density at radius 3 is 2.30 bits per heavy atom. The molecule has 1 aromatic heterocycles. The quantitative estimate of drug-likeness (QED) is 0.326. The summed E-state index contributed by atoms with van der Waals surface area (Å²) in [6.07, 6.45) is -2.32. The topological polar surface area (TPSA) is 121 Å². The summed E-state index contributed by atoms with van der Waals surface area (Å²) in [7, 11) is 1.48. The minimum atomic E-state index is -4.70. The van der Waals surface area contributed by atoms with Crippen LogP contribution in [0.1, 0.15) is 21.6 Å². The van der Waals surface area contributed by atoms with Gasteiger partial charge < -0.3 is 26.0 Å². The maximum Gasteiger partial charge on any atom is 0.416 e. The molecule has 0 saturated heterocycles. The summed E-state index contributed by atoms with van der Waals surface area (Å²) in [4.78, 5) is 39.3. The Bertz CT molecular complexity index is 1310. The number of rotatable bonds is 8. The highest BCUT2D eigenvalue weighted by Crippen LogP contribution is 2.34. The van der Waals surface area contributed by atoms with Gasteiger partial charge >= 0.3 is 12.2 Å². The van der Waals surface area contributed by atoms with E-state index in [4.69, 9.17) is 4.74 Å². The van der Waals surface area contributed by atoms with Gasteiger partial charge in [-0.2, -0.15) is 13.2 Å². The predicted molar refractivity (Wildman–Crippen MR) is 130 cm³/mol. The van der Waals surface area contributed by atoms with Gasteiger partial charge in [-0.15, -0.1) is 0 Å². The average Bonchev–Trinajstić information content (AvgIpc) is 2.87. The second-order valence-corrected chi connectivity index (χ2v) is 7.45. The summed E-state index contributed by atoms with van der Waals surface area (Å²) in [5.41, 5.74) is -0.718. The third-order valence-electron chi connectivity index (χ3n) is 4.85. The number of aromatic nitrogens is 1. The number of pyridine rings is 1. The highest BCUT2D eigenvalue weighted by molar-refractivity contribution is 5.99. The van der Waals surface area contributed by atoms with E-state index in [1.807, 2.05) is 0 Å². The summed E-state index contributed by atoms with van der Waals surface area (Å²) < 4.78 is 46.2. The number of carbonyl (C=O) groups excluding carboxylic acids is 3. The summed E-state index contributed by atoms with van der Waals surface area (Å²) >= 11 is 0. The Kier molecular flexibility index (Phi) is 8.46. The molecule has 0 spiro atoms. The van der Waals surface area contributed by atoms with Crippen LogP contribution in [0, 0.1) is 0 Å². The van der Waals surface area contributed by atoms with E-state index in [-0.39, 0.29) is 29.4 Å². The first kappa shape index (κ1) is 26.7. The van der Waals surface area contributed by atoms with Gasteiger partial charge in [-0.1, -0.05) is 12.6 Å². The van der Waals surface area contributed by atoms with E-state index in [0.717, 1.165) is 12.1 Å². The SMILES string of the molecule is C=CC(=O)NCc1ccc(NC(=O)Nc2ccc(Oc3ccnc(C(=O)NC)c3)cc2)cc1C(F)(F)F. The van der Waals surface area contributed by atoms with Crippen molar-refractivity contribution < 1.29 is 32.3 Å². The van der Waals surface area contributed by atoms with E-state index in [0.29, 0.717) is 17.2 Å². The van der Waals surface area contributed by atoms with Gasteiger partial charge in [0.15, 0.2) is 0 Å². The number of anilines is 2. The summed E-state index contributed by atoms with van der Waals surface area (Å²) in [6, 6.07) is 11.7.